The Morgan fingerprint density at radius 1 is 1.05 bits per heavy atom. The molecule has 0 aromatic carbocycles. The Kier molecular flexibility index (Phi) is 8.16. The molecule has 0 saturated heterocycles. The van der Waals surface area contributed by atoms with Crippen LogP contribution in [0.2, 0.25) is 0 Å². The Morgan fingerprint density at radius 3 is 2.15 bits per heavy atom. The normalized spacial score (nSPS) is 11.9. The second-order valence-corrected chi connectivity index (χ2v) is 8.08. The van der Waals surface area contributed by atoms with Gasteiger partial charge in [-0.3, -0.25) is 4.79 Å². The Balaban J connectivity index is 3.51. The van der Waals surface area contributed by atoms with Crippen molar-refractivity contribution in [1.82, 2.24) is 5.32 Å². The van der Waals surface area contributed by atoms with Crippen molar-refractivity contribution in [3.05, 3.63) is 0 Å². The molecule has 0 radical (unpaired) electrons. The number of rotatable bonds is 7. The van der Waals surface area contributed by atoms with Gasteiger partial charge in [-0.15, -0.1) is 0 Å². The first-order valence-electron chi connectivity index (χ1n) is 6.85. The monoisotopic (exact) mass is 351 g/mol. The number of nitrogens with one attached hydrogen (secondary N) is 1. The van der Waals surface area contributed by atoms with Crippen LogP contribution < -0.4 is 5.32 Å². The lowest BCUT2D eigenvalue weighted by Gasteiger charge is -2.19. The van der Waals surface area contributed by atoms with Gasteiger partial charge in [0.2, 0.25) is 0 Å². The van der Waals surface area contributed by atoms with Gasteiger partial charge >= 0.3 is 12.1 Å². The van der Waals surface area contributed by atoms with E-state index < -0.39 is 16.0 Å². The van der Waals surface area contributed by atoms with Crippen molar-refractivity contribution in [3.8, 4) is 0 Å². The van der Waals surface area contributed by atoms with E-state index in [1.807, 2.05) is 20.8 Å². The average Bonchev–Trinajstić information content (AvgIpc) is 2.23. The lowest BCUT2D eigenvalue weighted by Crippen LogP contribution is -2.33. The van der Waals surface area contributed by atoms with E-state index in [9.17, 15) is 9.59 Å². The molecule has 0 saturated carbocycles. The predicted octanol–water partition coefficient (Wildman–Crippen LogP) is 3.40. The Hall–Kier alpha value is -0.780. The Labute approximate surface area is 129 Å². The lowest BCUT2D eigenvalue weighted by atomic mass is 10.2. The third kappa shape index (κ3) is 11.1. The summed E-state index contributed by atoms with van der Waals surface area (Å²) in [5, 5.41) is 2.69. The number of halogens is 1. The van der Waals surface area contributed by atoms with E-state index >= 15 is 0 Å². The first-order valence-corrected chi connectivity index (χ1v) is 7.64. The zero-order chi connectivity index (χ0) is 15.8. The van der Waals surface area contributed by atoms with Gasteiger partial charge in [0.15, 0.2) is 0 Å². The molecule has 0 unspecified atom stereocenters. The molecule has 5 nitrogen and oxygen atoms in total. The summed E-state index contributed by atoms with van der Waals surface area (Å²) in [7, 11) is 0. The van der Waals surface area contributed by atoms with Crippen molar-refractivity contribution >= 4 is 28.0 Å². The molecule has 1 N–H and O–H groups in total. The molecule has 0 aromatic heterocycles. The highest BCUT2D eigenvalue weighted by Gasteiger charge is 2.24. The summed E-state index contributed by atoms with van der Waals surface area (Å²) in [5.74, 6) is -0.260. The molecule has 0 spiro atoms. The van der Waals surface area contributed by atoms with Crippen molar-refractivity contribution in [2.75, 3.05) is 13.2 Å². The van der Waals surface area contributed by atoms with Crippen molar-refractivity contribution in [2.24, 2.45) is 0 Å². The van der Waals surface area contributed by atoms with Gasteiger partial charge in [0.05, 0.1) is 6.61 Å². The summed E-state index contributed by atoms with van der Waals surface area (Å²) in [4.78, 5) is 22.8. The van der Waals surface area contributed by atoms with Crippen molar-refractivity contribution in [2.45, 2.75) is 63.8 Å². The van der Waals surface area contributed by atoms with Gasteiger partial charge in [-0.2, -0.15) is 0 Å². The van der Waals surface area contributed by atoms with E-state index in [1.54, 1.807) is 13.8 Å². The molecule has 0 aliphatic rings. The van der Waals surface area contributed by atoms with Gasteiger partial charge < -0.3 is 14.8 Å². The molecule has 0 fully saturated rings. The van der Waals surface area contributed by atoms with Crippen LogP contribution in [0.3, 0.4) is 0 Å². The molecule has 0 bridgehead atoms. The maximum Gasteiger partial charge on any atom is 0.407 e. The van der Waals surface area contributed by atoms with E-state index in [-0.39, 0.29) is 5.97 Å². The zero-order valence-corrected chi connectivity index (χ0v) is 14.6. The minimum atomic E-state index is -0.634. The summed E-state index contributed by atoms with van der Waals surface area (Å²) < 4.78 is 9.58. The van der Waals surface area contributed by atoms with Crippen LogP contribution in [0.1, 0.15) is 53.9 Å². The van der Waals surface area contributed by atoms with Gasteiger partial charge in [-0.1, -0.05) is 15.9 Å². The van der Waals surface area contributed by atoms with Crippen LogP contribution in [0, 0.1) is 0 Å². The number of hydrogen-bond acceptors (Lipinski definition) is 4. The number of alkyl carbamates (subject to hydrolysis) is 1. The number of ether oxygens (including phenoxy) is 2. The highest BCUT2D eigenvalue weighted by Crippen LogP contribution is 2.17. The smallest absolute Gasteiger partial charge is 0.407 e. The standard InChI is InChI=1S/C14H26BrNO4/c1-13(2,3)20-12(18)16-9-7-6-8-10-19-11(17)14(4,5)15/h6-10H2,1-5H3,(H,16,18). The topological polar surface area (TPSA) is 64.6 Å². The molecule has 0 aliphatic carbocycles. The maximum absolute atomic E-state index is 11.4. The van der Waals surface area contributed by atoms with Crippen LogP contribution in [0.25, 0.3) is 0 Å². The fraction of sp³-hybridized carbons (Fsp3) is 0.857. The Morgan fingerprint density at radius 2 is 1.65 bits per heavy atom. The summed E-state index contributed by atoms with van der Waals surface area (Å²) >= 11 is 3.24. The number of hydrogen-bond donors (Lipinski definition) is 1. The summed E-state index contributed by atoms with van der Waals surface area (Å²) in [6.45, 7) is 9.94. The second-order valence-electron chi connectivity index (χ2n) is 6.10. The van der Waals surface area contributed by atoms with Crippen molar-refractivity contribution in [3.63, 3.8) is 0 Å². The quantitative estimate of drug-likeness (QED) is 0.433. The first kappa shape index (κ1) is 19.2. The molecule has 0 heterocycles. The summed E-state index contributed by atoms with van der Waals surface area (Å²) in [5.41, 5.74) is -0.471. The van der Waals surface area contributed by atoms with Gasteiger partial charge in [-0.25, -0.2) is 4.79 Å². The van der Waals surface area contributed by atoms with Gasteiger partial charge in [-0.05, 0) is 53.9 Å². The van der Waals surface area contributed by atoms with E-state index in [4.69, 9.17) is 9.47 Å². The molecular formula is C14H26BrNO4. The molecule has 20 heavy (non-hydrogen) atoms. The fourth-order valence-corrected chi connectivity index (χ4v) is 1.36. The summed E-state index contributed by atoms with van der Waals surface area (Å²) in [6, 6.07) is 0. The first-order chi connectivity index (χ1) is 9.02. The van der Waals surface area contributed by atoms with Crippen LogP contribution >= 0.6 is 15.9 Å². The third-order valence-electron chi connectivity index (χ3n) is 2.21. The summed E-state index contributed by atoms with van der Waals surface area (Å²) in [6.07, 6.45) is 2.09. The third-order valence-corrected chi connectivity index (χ3v) is 2.53. The molecule has 0 rings (SSSR count). The largest absolute Gasteiger partial charge is 0.465 e. The molecule has 6 heteroatoms. The fourth-order valence-electron chi connectivity index (χ4n) is 1.24. The number of unbranched alkanes of at least 4 members (excludes halogenated alkanes) is 2. The van der Waals surface area contributed by atoms with E-state index in [0.29, 0.717) is 13.2 Å². The number of alkyl halides is 1. The molecule has 1 amide bonds. The van der Waals surface area contributed by atoms with Crippen LogP contribution in [0.15, 0.2) is 0 Å². The Bertz CT molecular complexity index is 318. The number of carbonyl (C=O) groups excluding carboxylic acids is 2. The van der Waals surface area contributed by atoms with E-state index in [2.05, 4.69) is 21.2 Å². The number of amides is 1. The van der Waals surface area contributed by atoms with E-state index in [1.165, 1.54) is 0 Å². The van der Waals surface area contributed by atoms with Crippen molar-refractivity contribution < 1.29 is 19.1 Å². The van der Waals surface area contributed by atoms with Crippen LogP contribution in [-0.4, -0.2) is 35.1 Å². The molecule has 0 aromatic rings. The zero-order valence-electron chi connectivity index (χ0n) is 13.0. The predicted molar refractivity (Wildman–Crippen MR) is 82.1 cm³/mol. The highest BCUT2D eigenvalue weighted by atomic mass is 79.9. The molecule has 118 valence electrons. The molecule has 0 atom stereocenters. The van der Waals surface area contributed by atoms with Gasteiger partial charge in [0.25, 0.3) is 0 Å². The average molecular weight is 352 g/mol. The van der Waals surface area contributed by atoms with Crippen LogP contribution in [0.4, 0.5) is 4.79 Å². The van der Waals surface area contributed by atoms with Crippen molar-refractivity contribution in [1.29, 1.82) is 0 Å². The minimum absolute atomic E-state index is 0.260. The van der Waals surface area contributed by atoms with Crippen LogP contribution in [0.5, 0.6) is 0 Å². The number of carbonyl (C=O) groups is 2. The van der Waals surface area contributed by atoms with Gasteiger partial charge in [0.1, 0.15) is 9.93 Å². The lowest BCUT2D eigenvalue weighted by molar-refractivity contribution is -0.145. The molecular weight excluding hydrogens is 326 g/mol. The maximum atomic E-state index is 11.4. The number of esters is 1. The van der Waals surface area contributed by atoms with Crippen LogP contribution in [-0.2, 0) is 14.3 Å². The SMILES string of the molecule is CC(C)(C)OC(=O)NCCCCCOC(=O)C(C)(C)Br. The van der Waals surface area contributed by atoms with E-state index in [0.717, 1.165) is 19.3 Å². The molecule has 0 aliphatic heterocycles. The van der Waals surface area contributed by atoms with Gasteiger partial charge in [0, 0.05) is 6.54 Å². The minimum Gasteiger partial charge on any atom is -0.465 e. The highest BCUT2D eigenvalue weighted by molar-refractivity contribution is 9.10. The second kappa shape index (κ2) is 8.49.